The molecule has 9 nitrogen and oxygen atoms in total. The van der Waals surface area contributed by atoms with Crippen molar-refractivity contribution in [2.75, 3.05) is 11.9 Å². The van der Waals surface area contributed by atoms with E-state index in [1.54, 1.807) is 24.3 Å². The van der Waals surface area contributed by atoms with Crippen molar-refractivity contribution < 1.29 is 14.1 Å². The lowest BCUT2D eigenvalue weighted by Crippen LogP contribution is -2.20. The molecule has 3 rings (SSSR count). The van der Waals surface area contributed by atoms with Gasteiger partial charge in [-0.15, -0.1) is 5.10 Å². The zero-order valence-corrected chi connectivity index (χ0v) is 13.3. The molecule has 1 N–H and O–H groups in total. The summed E-state index contributed by atoms with van der Waals surface area (Å²) < 4.78 is 12.1. The maximum absolute atomic E-state index is 11.9. The number of carbonyl (C=O) groups is 1. The summed E-state index contributed by atoms with van der Waals surface area (Å²) in [6.07, 6.45) is 2.24. The summed E-state index contributed by atoms with van der Waals surface area (Å²) in [6, 6.07) is 7.05. The molecule has 0 saturated heterocycles. The molecule has 124 valence electrons. The average Bonchev–Trinajstić information content (AvgIpc) is 3.24. The topological polar surface area (TPSA) is 108 Å². The Labute approximate surface area is 137 Å². The van der Waals surface area contributed by atoms with E-state index in [-0.39, 0.29) is 12.5 Å². The second-order valence-electron chi connectivity index (χ2n) is 5.02. The fourth-order valence-electron chi connectivity index (χ4n) is 2.10. The van der Waals surface area contributed by atoms with Crippen LogP contribution in [-0.4, -0.2) is 37.9 Å². The minimum atomic E-state index is -0.318. The van der Waals surface area contributed by atoms with Gasteiger partial charge in [0, 0.05) is 5.56 Å². The van der Waals surface area contributed by atoms with E-state index in [9.17, 15) is 4.79 Å². The Bertz CT molecular complexity index is 810. The molecule has 2 heterocycles. The van der Waals surface area contributed by atoms with Gasteiger partial charge in [-0.3, -0.25) is 10.1 Å². The second kappa shape index (κ2) is 6.90. The van der Waals surface area contributed by atoms with Crippen molar-refractivity contribution >= 4 is 11.8 Å². The number of benzene rings is 1. The van der Waals surface area contributed by atoms with Crippen molar-refractivity contribution in [2.45, 2.75) is 20.3 Å². The number of nitrogens with zero attached hydrogens (tertiary/aromatic N) is 5. The van der Waals surface area contributed by atoms with E-state index in [2.05, 4.69) is 26.0 Å². The van der Waals surface area contributed by atoms with E-state index in [4.69, 9.17) is 9.26 Å². The Morgan fingerprint density at radius 2 is 2.12 bits per heavy atom. The molecular formula is C15H16N6O3. The highest BCUT2D eigenvalue weighted by Crippen LogP contribution is 2.19. The van der Waals surface area contributed by atoms with Crippen LogP contribution in [0.2, 0.25) is 0 Å². The van der Waals surface area contributed by atoms with Crippen molar-refractivity contribution in [3.05, 3.63) is 41.9 Å². The van der Waals surface area contributed by atoms with E-state index in [0.29, 0.717) is 11.6 Å². The van der Waals surface area contributed by atoms with Crippen molar-refractivity contribution in [2.24, 2.45) is 0 Å². The highest BCUT2D eigenvalue weighted by Gasteiger charge is 2.13. The van der Waals surface area contributed by atoms with Gasteiger partial charge in [-0.1, -0.05) is 12.1 Å². The number of hydrogen-bond donors (Lipinski definition) is 1. The molecule has 1 amide bonds. The predicted molar refractivity (Wildman–Crippen MR) is 83.9 cm³/mol. The first kappa shape index (κ1) is 15.7. The molecule has 0 atom stereocenters. The van der Waals surface area contributed by atoms with Crippen molar-refractivity contribution in [1.82, 2.24) is 25.4 Å². The third-order valence-corrected chi connectivity index (χ3v) is 3.43. The Kier molecular flexibility index (Phi) is 4.50. The Hall–Kier alpha value is -3.23. The van der Waals surface area contributed by atoms with Gasteiger partial charge < -0.3 is 9.26 Å². The number of nitrogens with one attached hydrogen (secondary N) is 1. The largest absolute Gasteiger partial charge is 0.484 e. The first-order valence-corrected chi connectivity index (χ1v) is 7.38. The predicted octanol–water partition coefficient (Wildman–Crippen LogP) is 1.54. The van der Waals surface area contributed by atoms with Gasteiger partial charge in [0.25, 0.3) is 5.91 Å². The minimum Gasteiger partial charge on any atom is -0.484 e. The molecular weight excluding hydrogens is 312 g/mol. The van der Waals surface area contributed by atoms with Crippen LogP contribution in [0.25, 0.3) is 5.69 Å². The fourth-order valence-corrected chi connectivity index (χ4v) is 2.10. The molecule has 24 heavy (non-hydrogen) atoms. The molecule has 9 heteroatoms. The van der Waals surface area contributed by atoms with E-state index < -0.39 is 0 Å². The number of aryl methyl sites for hydroxylation is 1. The normalized spacial score (nSPS) is 10.6. The molecule has 3 aromatic rings. The van der Waals surface area contributed by atoms with E-state index >= 15 is 0 Å². The molecule has 0 aliphatic rings. The summed E-state index contributed by atoms with van der Waals surface area (Å²) in [5.74, 6) is 0.599. The lowest BCUT2D eigenvalue weighted by molar-refractivity contribution is -0.118. The average molecular weight is 328 g/mol. The number of aromatic nitrogens is 5. The minimum absolute atomic E-state index is 0.133. The molecule has 0 radical (unpaired) electrons. The van der Waals surface area contributed by atoms with Gasteiger partial charge in [0.05, 0.1) is 11.4 Å². The number of anilines is 1. The summed E-state index contributed by atoms with van der Waals surface area (Å²) in [4.78, 5) is 11.9. The molecule has 1 aromatic carbocycles. The molecule has 0 aliphatic heterocycles. The van der Waals surface area contributed by atoms with Gasteiger partial charge >= 0.3 is 0 Å². The smallest absolute Gasteiger partial charge is 0.264 e. The van der Waals surface area contributed by atoms with Crippen LogP contribution in [0.4, 0.5) is 5.88 Å². The quantitative estimate of drug-likeness (QED) is 0.731. The lowest BCUT2D eigenvalue weighted by atomic mass is 10.2. The van der Waals surface area contributed by atoms with Gasteiger partial charge in [0.1, 0.15) is 12.1 Å². The number of hydrogen-bond acceptors (Lipinski definition) is 7. The van der Waals surface area contributed by atoms with Crippen LogP contribution in [0.1, 0.15) is 18.2 Å². The zero-order chi connectivity index (χ0) is 16.9. The molecule has 0 aliphatic carbocycles. The van der Waals surface area contributed by atoms with Gasteiger partial charge in [-0.25, -0.2) is 4.68 Å². The summed E-state index contributed by atoms with van der Waals surface area (Å²) in [6.45, 7) is 3.69. The summed E-state index contributed by atoms with van der Waals surface area (Å²) in [7, 11) is 0. The summed E-state index contributed by atoms with van der Waals surface area (Å²) in [5.41, 5.74) is 2.45. The second-order valence-corrected chi connectivity index (χ2v) is 5.02. The first-order chi connectivity index (χ1) is 11.7. The van der Waals surface area contributed by atoms with E-state index in [1.807, 2.05) is 13.8 Å². The Morgan fingerprint density at radius 3 is 2.75 bits per heavy atom. The third kappa shape index (κ3) is 3.40. The molecule has 0 fully saturated rings. The van der Waals surface area contributed by atoms with Crippen LogP contribution >= 0.6 is 0 Å². The number of tetrazole rings is 1. The molecule has 0 unspecified atom stereocenters. The molecule has 0 spiro atoms. The van der Waals surface area contributed by atoms with Crippen LogP contribution in [0, 0.1) is 6.92 Å². The van der Waals surface area contributed by atoms with Crippen LogP contribution < -0.4 is 10.1 Å². The number of ether oxygens (including phenoxy) is 1. The number of amides is 1. The van der Waals surface area contributed by atoms with Crippen LogP contribution in [0.15, 0.2) is 35.1 Å². The van der Waals surface area contributed by atoms with E-state index in [0.717, 1.165) is 23.4 Å². The van der Waals surface area contributed by atoms with Gasteiger partial charge in [0.15, 0.2) is 6.61 Å². The van der Waals surface area contributed by atoms with Crippen molar-refractivity contribution in [1.29, 1.82) is 0 Å². The maximum atomic E-state index is 11.9. The van der Waals surface area contributed by atoms with Gasteiger partial charge in [0.2, 0.25) is 5.88 Å². The summed E-state index contributed by atoms with van der Waals surface area (Å²) >= 11 is 0. The monoisotopic (exact) mass is 328 g/mol. The fraction of sp³-hybridized carbons (Fsp3) is 0.267. The SMILES string of the molecule is CCc1noc(NC(=O)COc2ccc(-n3cnnn3)cc2)c1C. The van der Waals surface area contributed by atoms with Crippen LogP contribution in [-0.2, 0) is 11.2 Å². The Balaban J connectivity index is 1.55. The van der Waals surface area contributed by atoms with Gasteiger partial charge in [-0.2, -0.15) is 0 Å². The van der Waals surface area contributed by atoms with E-state index in [1.165, 1.54) is 11.0 Å². The molecule has 2 aromatic heterocycles. The summed E-state index contributed by atoms with van der Waals surface area (Å²) in [5, 5.41) is 17.5. The number of carbonyl (C=O) groups excluding carboxylic acids is 1. The zero-order valence-electron chi connectivity index (χ0n) is 13.3. The Morgan fingerprint density at radius 1 is 1.33 bits per heavy atom. The van der Waals surface area contributed by atoms with Crippen molar-refractivity contribution in [3.8, 4) is 11.4 Å². The standard InChI is InChI=1S/C15H16N6O3/c1-3-13-10(2)15(24-18-13)17-14(22)8-23-12-6-4-11(5-7-12)21-9-16-19-20-21/h4-7,9H,3,8H2,1-2H3,(H,17,22). The highest BCUT2D eigenvalue weighted by molar-refractivity contribution is 5.91. The number of rotatable bonds is 6. The van der Waals surface area contributed by atoms with Crippen molar-refractivity contribution in [3.63, 3.8) is 0 Å². The lowest BCUT2D eigenvalue weighted by Gasteiger charge is -2.07. The highest BCUT2D eigenvalue weighted by atomic mass is 16.5. The molecule has 0 bridgehead atoms. The molecule has 0 saturated carbocycles. The van der Waals surface area contributed by atoms with Crippen LogP contribution in [0.3, 0.4) is 0 Å². The first-order valence-electron chi connectivity index (χ1n) is 7.38. The third-order valence-electron chi connectivity index (χ3n) is 3.43. The maximum Gasteiger partial charge on any atom is 0.264 e. The van der Waals surface area contributed by atoms with Gasteiger partial charge in [-0.05, 0) is 48.0 Å². The van der Waals surface area contributed by atoms with Crippen LogP contribution in [0.5, 0.6) is 5.75 Å².